The van der Waals surface area contributed by atoms with Gasteiger partial charge in [-0.15, -0.1) is 11.3 Å². The maximum Gasteiger partial charge on any atom is 0.260 e. The minimum absolute atomic E-state index is 0.123. The van der Waals surface area contributed by atoms with Gasteiger partial charge in [-0.25, -0.2) is 4.98 Å². The number of aryl methyl sites for hydroxylation is 3. The first-order valence-electron chi connectivity index (χ1n) is 8.99. The molecule has 0 aliphatic carbocycles. The molecule has 2 N–H and O–H groups in total. The smallest absolute Gasteiger partial charge is 0.260 e. The van der Waals surface area contributed by atoms with Crippen LogP contribution in [0.4, 0.5) is 5.69 Å². The van der Waals surface area contributed by atoms with Crippen LogP contribution in [0.3, 0.4) is 0 Å². The Morgan fingerprint density at radius 3 is 2.70 bits per heavy atom. The van der Waals surface area contributed by atoms with Gasteiger partial charge in [0.2, 0.25) is 5.91 Å². The zero-order valence-corrected chi connectivity index (χ0v) is 17.4. The number of carbonyl (C=O) groups excluding carboxylic acids is 1. The van der Waals surface area contributed by atoms with Crippen molar-refractivity contribution in [2.24, 2.45) is 0 Å². The number of nitrogens with zero attached hydrogens (tertiary/aromatic N) is 1. The number of hydrogen-bond acceptors (Lipinski definition) is 5. The van der Waals surface area contributed by atoms with E-state index in [1.54, 1.807) is 0 Å². The highest BCUT2D eigenvalue weighted by atomic mass is 32.2. The summed E-state index contributed by atoms with van der Waals surface area (Å²) in [5.74, 6) is 0.0673. The number of aromatic nitrogens is 2. The van der Waals surface area contributed by atoms with Gasteiger partial charge in [-0.1, -0.05) is 37.2 Å². The van der Waals surface area contributed by atoms with Crippen LogP contribution >= 0.6 is 23.1 Å². The molecule has 0 spiro atoms. The van der Waals surface area contributed by atoms with Crippen LogP contribution in [-0.2, 0) is 11.2 Å². The lowest BCUT2D eigenvalue weighted by molar-refractivity contribution is -0.113. The summed E-state index contributed by atoms with van der Waals surface area (Å²) in [4.78, 5) is 33.5. The second kappa shape index (κ2) is 8.71. The van der Waals surface area contributed by atoms with E-state index >= 15 is 0 Å². The quantitative estimate of drug-likeness (QED) is 0.445. The van der Waals surface area contributed by atoms with E-state index in [4.69, 9.17) is 0 Å². The predicted molar refractivity (Wildman–Crippen MR) is 114 cm³/mol. The van der Waals surface area contributed by atoms with Crippen LogP contribution in [0.25, 0.3) is 10.2 Å². The molecule has 0 saturated carbocycles. The number of anilines is 1. The Labute approximate surface area is 166 Å². The van der Waals surface area contributed by atoms with Gasteiger partial charge in [0.15, 0.2) is 5.16 Å². The molecule has 2 aromatic heterocycles. The van der Waals surface area contributed by atoms with Gasteiger partial charge >= 0.3 is 0 Å². The number of thiophene rings is 1. The van der Waals surface area contributed by atoms with Crippen LogP contribution in [0.5, 0.6) is 0 Å². The van der Waals surface area contributed by atoms with Crippen molar-refractivity contribution >= 4 is 44.9 Å². The Kier molecular flexibility index (Phi) is 6.34. The molecule has 0 unspecified atom stereocenters. The minimum atomic E-state index is -0.146. The highest BCUT2D eigenvalue weighted by Crippen LogP contribution is 2.27. The summed E-state index contributed by atoms with van der Waals surface area (Å²) in [5, 5.41) is 4.00. The molecule has 142 valence electrons. The number of aromatic amines is 1. The molecule has 0 aliphatic heterocycles. The normalized spacial score (nSPS) is 11.1. The first-order chi connectivity index (χ1) is 13.0. The van der Waals surface area contributed by atoms with Gasteiger partial charge in [-0.2, -0.15) is 0 Å². The molecule has 1 amide bonds. The van der Waals surface area contributed by atoms with Crippen LogP contribution in [-0.4, -0.2) is 21.6 Å². The molecule has 3 aromatic rings. The van der Waals surface area contributed by atoms with Gasteiger partial charge in [0.05, 0.1) is 11.1 Å². The van der Waals surface area contributed by atoms with Crippen molar-refractivity contribution < 1.29 is 4.79 Å². The molecule has 27 heavy (non-hydrogen) atoms. The summed E-state index contributed by atoms with van der Waals surface area (Å²) in [6.45, 7) is 6.08. The largest absolute Gasteiger partial charge is 0.325 e. The maximum absolute atomic E-state index is 12.3. The lowest BCUT2D eigenvalue weighted by Crippen LogP contribution is -2.15. The number of hydrogen-bond donors (Lipinski definition) is 2. The van der Waals surface area contributed by atoms with E-state index < -0.39 is 0 Å². The first-order valence-corrected chi connectivity index (χ1v) is 10.8. The molecule has 7 heteroatoms. The lowest BCUT2D eigenvalue weighted by atomic mass is 10.1. The van der Waals surface area contributed by atoms with E-state index in [-0.39, 0.29) is 17.2 Å². The summed E-state index contributed by atoms with van der Waals surface area (Å²) in [6, 6.07) is 7.95. The molecule has 0 atom stereocenters. The van der Waals surface area contributed by atoms with E-state index in [0.29, 0.717) is 10.5 Å². The summed E-state index contributed by atoms with van der Waals surface area (Å²) in [6.07, 6.45) is 3.40. The fraction of sp³-hybridized carbons (Fsp3) is 0.350. The third-order valence-electron chi connectivity index (χ3n) is 4.41. The first kappa shape index (κ1) is 19.6. The van der Waals surface area contributed by atoms with E-state index in [0.717, 1.165) is 27.4 Å². The monoisotopic (exact) mass is 401 g/mol. The average Bonchev–Trinajstić information content (AvgIpc) is 2.94. The van der Waals surface area contributed by atoms with Crippen LogP contribution in [0.2, 0.25) is 0 Å². The Balaban J connectivity index is 1.60. The standard InChI is InChI=1S/C20H23N3O2S2/c1-4-5-6-14-7-9-15(10-8-14)21-16(24)11-26-20-22-18(25)17-12(2)13(3)27-19(17)23-20/h7-10H,4-6,11H2,1-3H3,(H,21,24)(H,22,23,25). The van der Waals surface area contributed by atoms with Gasteiger partial charge in [0, 0.05) is 10.6 Å². The fourth-order valence-corrected chi connectivity index (χ4v) is 4.52. The van der Waals surface area contributed by atoms with Crippen molar-refractivity contribution in [2.75, 3.05) is 11.1 Å². The molecule has 1 aromatic carbocycles. The number of thioether (sulfide) groups is 1. The van der Waals surface area contributed by atoms with Gasteiger partial charge in [-0.3, -0.25) is 9.59 Å². The molecule has 0 saturated heterocycles. The van der Waals surface area contributed by atoms with Crippen molar-refractivity contribution in [2.45, 2.75) is 45.2 Å². The number of fused-ring (bicyclic) bond motifs is 1. The topological polar surface area (TPSA) is 74.8 Å². The number of carbonyl (C=O) groups is 1. The number of H-pyrrole nitrogens is 1. The molecular formula is C20H23N3O2S2. The molecule has 0 bridgehead atoms. The number of rotatable bonds is 7. The van der Waals surface area contributed by atoms with Gasteiger partial charge < -0.3 is 10.3 Å². The summed E-state index contributed by atoms with van der Waals surface area (Å²) >= 11 is 2.74. The number of nitrogens with one attached hydrogen (secondary N) is 2. The Morgan fingerprint density at radius 2 is 2.00 bits per heavy atom. The summed E-state index contributed by atoms with van der Waals surface area (Å²) in [5.41, 5.74) is 2.89. The summed E-state index contributed by atoms with van der Waals surface area (Å²) < 4.78 is 0. The molecule has 2 heterocycles. The van der Waals surface area contributed by atoms with E-state index in [2.05, 4.69) is 22.2 Å². The van der Waals surface area contributed by atoms with Crippen LogP contribution < -0.4 is 10.9 Å². The average molecular weight is 402 g/mol. The zero-order chi connectivity index (χ0) is 19.4. The SMILES string of the molecule is CCCCc1ccc(NC(=O)CSc2nc3sc(C)c(C)c3c(=O)[nH]2)cc1. The minimum Gasteiger partial charge on any atom is -0.325 e. The predicted octanol–water partition coefficient (Wildman–Crippen LogP) is 4.67. The number of unbranched alkanes of at least 4 members (excludes halogenated alkanes) is 1. The van der Waals surface area contributed by atoms with Crippen molar-refractivity contribution in [3.05, 3.63) is 50.6 Å². The maximum atomic E-state index is 12.3. The van der Waals surface area contributed by atoms with E-state index in [9.17, 15) is 9.59 Å². The Bertz CT molecular complexity index is 1010. The van der Waals surface area contributed by atoms with E-state index in [1.165, 1.54) is 41.5 Å². The molecule has 0 aliphatic rings. The van der Waals surface area contributed by atoms with E-state index in [1.807, 2.05) is 38.1 Å². The second-order valence-electron chi connectivity index (χ2n) is 6.47. The van der Waals surface area contributed by atoms with Gasteiger partial charge in [-0.05, 0) is 49.9 Å². The molecular weight excluding hydrogens is 378 g/mol. The van der Waals surface area contributed by atoms with Gasteiger partial charge in [0.25, 0.3) is 5.56 Å². The van der Waals surface area contributed by atoms with Crippen LogP contribution in [0.1, 0.15) is 35.8 Å². The van der Waals surface area contributed by atoms with Crippen LogP contribution in [0.15, 0.2) is 34.2 Å². The highest BCUT2D eigenvalue weighted by molar-refractivity contribution is 7.99. The zero-order valence-electron chi connectivity index (χ0n) is 15.7. The molecule has 0 fully saturated rings. The van der Waals surface area contributed by atoms with Crippen molar-refractivity contribution in [3.8, 4) is 0 Å². The Morgan fingerprint density at radius 1 is 1.26 bits per heavy atom. The van der Waals surface area contributed by atoms with Crippen molar-refractivity contribution in [1.82, 2.24) is 9.97 Å². The Hall–Kier alpha value is -2.12. The summed E-state index contributed by atoms with van der Waals surface area (Å²) in [7, 11) is 0. The second-order valence-corrected chi connectivity index (χ2v) is 8.64. The number of amides is 1. The van der Waals surface area contributed by atoms with Crippen LogP contribution in [0, 0.1) is 13.8 Å². The fourth-order valence-electron chi connectivity index (χ4n) is 2.77. The highest BCUT2D eigenvalue weighted by Gasteiger charge is 2.13. The third-order valence-corrected chi connectivity index (χ3v) is 6.39. The molecule has 5 nitrogen and oxygen atoms in total. The number of benzene rings is 1. The van der Waals surface area contributed by atoms with Crippen molar-refractivity contribution in [3.63, 3.8) is 0 Å². The lowest BCUT2D eigenvalue weighted by Gasteiger charge is -2.06. The third kappa shape index (κ3) is 4.78. The van der Waals surface area contributed by atoms with Crippen molar-refractivity contribution in [1.29, 1.82) is 0 Å². The van der Waals surface area contributed by atoms with Gasteiger partial charge in [0.1, 0.15) is 4.83 Å². The molecule has 3 rings (SSSR count). The molecule has 0 radical (unpaired) electrons.